The highest BCUT2D eigenvalue weighted by atomic mass is 32.2. The van der Waals surface area contributed by atoms with E-state index < -0.39 is 10.0 Å². The molecule has 3 rings (SSSR count). The van der Waals surface area contributed by atoms with Crippen LogP contribution in [0.25, 0.3) is 0 Å². The molecule has 2 aromatic rings. The number of fused-ring (bicyclic) bond motifs is 1. The molecule has 21 heavy (non-hydrogen) atoms. The van der Waals surface area contributed by atoms with E-state index in [2.05, 4.69) is 10.0 Å². The number of sulfonamides is 1. The molecule has 2 heterocycles. The Labute approximate surface area is 127 Å². The third kappa shape index (κ3) is 2.54. The third-order valence-corrected chi connectivity index (χ3v) is 6.40. The van der Waals surface area contributed by atoms with E-state index in [9.17, 15) is 13.2 Å². The Kier molecular flexibility index (Phi) is 3.26. The molecule has 0 bridgehead atoms. The molecule has 0 spiro atoms. The molecule has 0 fully saturated rings. The minimum atomic E-state index is -3.65. The maximum Gasteiger partial charge on any atom is 0.271 e. The molecule has 0 saturated heterocycles. The molecule has 5 nitrogen and oxygen atoms in total. The van der Waals surface area contributed by atoms with Crippen molar-refractivity contribution < 1.29 is 13.2 Å². The zero-order chi connectivity index (χ0) is 15.2. The third-order valence-electron chi connectivity index (χ3n) is 3.25. The lowest BCUT2D eigenvalue weighted by atomic mass is 10.1. The monoisotopic (exact) mass is 322 g/mol. The van der Waals surface area contributed by atoms with Crippen LogP contribution in [-0.2, 0) is 21.2 Å². The Morgan fingerprint density at radius 2 is 2.05 bits per heavy atom. The summed E-state index contributed by atoms with van der Waals surface area (Å²) in [6.45, 7) is 3.65. The first-order valence-electron chi connectivity index (χ1n) is 6.38. The summed E-state index contributed by atoms with van der Waals surface area (Å²) in [6, 6.07) is 7.04. The summed E-state index contributed by atoms with van der Waals surface area (Å²) in [5.74, 6) is -0.125. The van der Waals surface area contributed by atoms with Crippen molar-refractivity contribution in [2.24, 2.45) is 0 Å². The Balaban J connectivity index is 2.00. The van der Waals surface area contributed by atoms with Crippen LogP contribution >= 0.6 is 11.3 Å². The minimum absolute atomic E-state index is 0.125. The number of nitrogens with one attached hydrogen (secondary N) is 2. The lowest BCUT2D eigenvalue weighted by Crippen LogP contribution is -2.14. The van der Waals surface area contributed by atoms with E-state index in [0.717, 1.165) is 16.0 Å². The molecule has 0 atom stereocenters. The maximum atomic E-state index is 12.5. The SMILES string of the molecule is Cc1cc(C)c(S(=O)(=O)Nc2cccc3c2NC(=O)C3)s1. The highest BCUT2D eigenvalue weighted by Gasteiger charge is 2.25. The van der Waals surface area contributed by atoms with E-state index in [-0.39, 0.29) is 12.3 Å². The highest BCUT2D eigenvalue weighted by Crippen LogP contribution is 2.34. The number of benzene rings is 1. The van der Waals surface area contributed by atoms with Gasteiger partial charge in [0.25, 0.3) is 10.0 Å². The van der Waals surface area contributed by atoms with Gasteiger partial charge in [0.05, 0.1) is 17.8 Å². The van der Waals surface area contributed by atoms with E-state index >= 15 is 0 Å². The van der Waals surface area contributed by atoms with Gasteiger partial charge in [0.15, 0.2) is 0 Å². The first-order valence-corrected chi connectivity index (χ1v) is 8.68. The molecule has 0 saturated carbocycles. The van der Waals surface area contributed by atoms with Gasteiger partial charge in [-0.1, -0.05) is 12.1 Å². The quantitative estimate of drug-likeness (QED) is 0.912. The fraction of sp³-hybridized carbons (Fsp3) is 0.214. The standard InChI is InChI=1S/C14H14N2O3S2/c1-8-6-9(2)20-14(8)21(18,19)16-11-5-3-4-10-7-12(17)15-13(10)11/h3-6,16H,7H2,1-2H3,(H,15,17). The van der Waals surface area contributed by atoms with Gasteiger partial charge in [0.1, 0.15) is 4.21 Å². The van der Waals surface area contributed by atoms with Crippen molar-refractivity contribution >= 4 is 38.6 Å². The zero-order valence-corrected chi connectivity index (χ0v) is 13.2. The summed E-state index contributed by atoms with van der Waals surface area (Å²) in [6.07, 6.45) is 0.280. The Morgan fingerprint density at radius 3 is 2.71 bits per heavy atom. The van der Waals surface area contributed by atoms with E-state index in [1.54, 1.807) is 19.1 Å². The molecule has 0 aliphatic carbocycles. The second kappa shape index (κ2) is 4.85. The van der Waals surface area contributed by atoms with Crippen LogP contribution in [0.4, 0.5) is 11.4 Å². The van der Waals surface area contributed by atoms with Crippen LogP contribution in [0.5, 0.6) is 0 Å². The van der Waals surface area contributed by atoms with Crippen LogP contribution in [0, 0.1) is 13.8 Å². The van der Waals surface area contributed by atoms with Gasteiger partial charge in [-0.3, -0.25) is 9.52 Å². The molecule has 0 radical (unpaired) electrons. The molecule has 1 aliphatic heterocycles. The van der Waals surface area contributed by atoms with Crippen LogP contribution in [0.15, 0.2) is 28.5 Å². The molecule has 1 amide bonds. The first kappa shape index (κ1) is 14.1. The van der Waals surface area contributed by atoms with Gasteiger partial charge in [-0.15, -0.1) is 11.3 Å². The summed E-state index contributed by atoms with van der Waals surface area (Å²) < 4.78 is 27.9. The molecule has 7 heteroatoms. The molecule has 1 aromatic heterocycles. The largest absolute Gasteiger partial charge is 0.324 e. The van der Waals surface area contributed by atoms with Gasteiger partial charge in [-0.25, -0.2) is 8.42 Å². The van der Waals surface area contributed by atoms with Gasteiger partial charge < -0.3 is 5.32 Å². The molecule has 1 aliphatic rings. The molecule has 2 N–H and O–H groups in total. The molecule has 0 unspecified atom stereocenters. The van der Waals surface area contributed by atoms with Gasteiger partial charge >= 0.3 is 0 Å². The van der Waals surface area contributed by atoms with Crippen LogP contribution in [0.3, 0.4) is 0 Å². The summed E-state index contributed by atoms with van der Waals surface area (Å²) in [5, 5.41) is 2.70. The predicted octanol–water partition coefficient (Wildman–Crippen LogP) is 2.66. The zero-order valence-electron chi connectivity index (χ0n) is 11.6. The number of amides is 1. The first-order chi connectivity index (χ1) is 9.87. The predicted molar refractivity (Wildman–Crippen MR) is 83.4 cm³/mol. The van der Waals surface area contributed by atoms with Crippen molar-refractivity contribution in [3.63, 3.8) is 0 Å². The van der Waals surface area contributed by atoms with Crippen LogP contribution in [0.2, 0.25) is 0 Å². The Morgan fingerprint density at radius 1 is 1.29 bits per heavy atom. The van der Waals surface area contributed by atoms with E-state index in [1.807, 2.05) is 19.1 Å². The van der Waals surface area contributed by atoms with Crippen molar-refractivity contribution in [2.45, 2.75) is 24.5 Å². The number of carbonyl (C=O) groups excluding carboxylic acids is 1. The molecule has 110 valence electrons. The number of thiophene rings is 1. The van der Waals surface area contributed by atoms with Crippen molar-refractivity contribution in [2.75, 3.05) is 10.0 Å². The smallest absolute Gasteiger partial charge is 0.271 e. The minimum Gasteiger partial charge on any atom is -0.324 e. The van der Waals surface area contributed by atoms with Gasteiger partial charge in [0.2, 0.25) is 5.91 Å². The van der Waals surface area contributed by atoms with Crippen LogP contribution in [0.1, 0.15) is 16.0 Å². The lowest BCUT2D eigenvalue weighted by molar-refractivity contribution is -0.115. The van der Waals surface area contributed by atoms with Crippen molar-refractivity contribution in [3.8, 4) is 0 Å². The number of hydrogen-bond donors (Lipinski definition) is 2. The summed E-state index contributed by atoms with van der Waals surface area (Å²) in [4.78, 5) is 12.4. The summed E-state index contributed by atoms with van der Waals surface area (Å²) in [7, 11) is -3.65. The number of aryl methyl sites for hydroxylation is 2. The topological polar surface area (TPSA) is 75.3 Å². The van der Waals surface area contributed by atoms with E-state index in [1.165, 1.54) is 11.3 Å². The van der Waals surface area contributed by atoms with Crippen LogP contribution < -0.4 is 10.0 Å². The normalized spacial score (nSPS) is 13.9. The van der Waals surface area contributed by atoms with E-state index in [4.69, 9.17) is 0 Å². The number of hydrogen-bond acceptors (Lipinski definition) is 4. The molecule has 1 aromatic carbocycles. The van der Waals surface area contributed by atoms with E-state index in [0.29, 0.717) is 15.6 Å². The highest BCUT2D eigenvalue weighted by molar-refractivity contribution is 7.94. The van der Waals surface area contributed by atoms with Gasteiger partial charge in [0, 0.05) is 4.88 Å². The van der Waals surface area contributed by atoms with Gasteiger partial charge in [-0.2, -0.15) is 0 Å². The van der Waals surface area contributed by atoms with Crippen LogP contribution in [-0.4, -0.2) is 14.3 Å². The number of rotatable bonds is 3. The van der Waals surface area contributed by atoms with Crippen molar-refractivity contribution in [3.05, 3.63) is 40.3 Å². The summed E-state index contributed by atoms with van der Waals surface area (Å²) >= 11 is 1.24. The molecular weight excluding hydrogens is 308 g/mol. The number of anilines is 2. The van der Waals surface area contributed by atoms with Gasteiger partial charge in [-0.05, 0) is 37.1 Å². The lowest BCUT2D eigenvalue weighted by Gasteiger charge is -2.11. The second-order valence-corrected chi connectivity index (χ2v) is 8.13. The Hall–Kier alpha value is -1.86. The average molecular weight is 322 g/mol. The summed E-state index contributed by atoms with van der Waals surface area (Å²) in [5.41, 5.74) is 2.49. The van der Waals surface area contributed by atoms with Crippen molar-refractivity contribution in [1.82, 2.24) is 0 Å². The number of carbonyl (C=O) groups is 1. The van der Waals surface area contributed by atoms with Crippen molar-refractivity contribution in [1.29, 1.82) is 0 Å². The molecular formula is C14H14N2O3S2. The fourth-order valence-corrected chi connectivity index (χ4v) is 5.16. The maximum absolute atomic E-state index is 12.5. The second-order valence-electron chi connectivity index (χ2n) is 5.00. The average Bonchev–Trinajstić information content (AvgIpc) is 2.92. The number of para-hydroxylation sites is 1. The fourth-order valence-electron chi connectivity index (χ4n) is 2.41. The Bertz CT molecular complexity index is 838.